The largest absolute Gasteiger partial charge is 0.352 e. The van der Waals surface area contributed by atoms with Gasteiger partial charge in [0.25, 0.3) is 0 Å². The number of carbonyl (C=O) groups is 1. The summed E-state index contributed by atoms with van der Waals surface area (Å²) in [6.07, 6.45) is 1.96. The lowest BCUT2D eigenvalue weighted by Gasteiger charge is -2.35. The van der Waals surface area contributed by atoms with Crippen LogP contribution in [0.2, 0.25) is 10.0 Å². The highest BCUT2D eigenvalue weighted by molar-refractivity contribution is 6.35. The summed E-state index contributed by atoms with van der Waals surface area (Å²) in [6.45, 7) is 6.27. The van der Waals surface area contributed by atoms with Crippen LogP contribution in [-0.2, 0) is 11.2 Å². The number of nitrogens with zero attached hydrogens (tertiary/aromatic N) is 6. The van der Waals surface area contributed by atoms with Crippen LogP contribution < -0.4 is 4.90 Å². The van der Waals surface area contributed by atoms with Crippen LogP contribution in [0.4, 0.5) is 5.82 Å². The number of hydrogen-bond donors (Lipinski definition) is 0. The molecule has 1 amide bonds. The third kappa shape index (κ3) is 4.29. The first-order valence-electron chi connectivity index (χ1n) is 10.3. The van der Waals surface area contributed by atoms with Gasteiger partial charge in [-0.1, -0.05) is 23.2 Å². The summed E-state index contributed by atoms with van der Waals surface area (Å²) in [5, 5.41) is 15.0. The SMILES string of the molecule is Cc1nn(-c2ccc(Cl)cc2Cl)c(C)c1CC(=O)N1CCN(c2ncccc2C#N)CC1. The number of nitriles is 1. The third-order valence-corrected chi connectivity index (χ3v) is 6.28. The van der Waals surface area contributed by atoms with Crippen LogP contribution >= 0.6 is 23.2 Å². The Morgan fingerprint density at radius 3 is 2.59 bits per heavy atom. The molecule has 3 heterocycles. The minimum atomic E-state index is 0.0548. The molecule has 0 aliphatic carbocycles. The van der Waals surface area contributed by atoms with Crippen molar-refractivity contribution in [1.82, 2.24) is 19.7 Å². The van der Waals surface area contributed by atoms with Gasteiger partial charge in [-0.15, -0.1) is 0 Å². The van der Waals surface area contributed by atoms with Crippen LogP contribution in [0.1, 0.15) is 22.5 Å². The lowest BCUT2D eigenvalue weighted by molar-refractivity contribution is -0.130. The van der Waals surface area contributed by atoms with Gasteiger partial charge in [0.05, 0.1) is 28.4 Å². The molecule has 1 saturated heterocycles. The Kier molecular flexibility index (Phi) is 6.35. The fourth-order valence-electron chi connectivity index (χ4n) is 3.99. The second kappa shape index (κ2) is 9.19. The predicted molar refractivity (Wildman–Crippen MR) is 125 cm³/mol. The molecular weight excluding hydrogens is 447 g/mol. The number of piperazine rings is 1. The molecule has 164 valence electrons. The van der Waals surface area contributed by atoms with E-state index in [1.54, 1.807) is 35.1 Å². The van der Waals surface area contributed by atoms with Crippen molar-refractivity contribution in [3.05, 3.63) is 69.1 Å². The van der Waals surface area contributed by atoms with Crippen LogP contribution in [0.25, 0.3) is 5.69 Å². The Balaban J connectivity index is 1.46. The van der Waals surface area contributed by atoms with Crippen LogP contribution in [0.5, 0.6) is 0 Å². The summed E-state index contributed by atoms with van der Waals surface area (Å²) in [7, 11) is 0. The average molecular weight is 469 g/mol. The molecule has 0 N–H and O–H groups in total. The lowest BCUT2D eigenvalue weighted by atomic mass is 10.1. The molecule has 1 aliphatic rings. The van der Waals surface area contributed by atoms with Gasteiger partial charge in [0, 0.05) is 48.7 Å². The van der Waals surface area contributed by atoms with Gasteiger partial charge in [-0.3, -0.25) is 4.79 Å². The first-order chi connectivity index (χ1) is 15.4. The maximum absolute atomic E-state index is 13.1. The molecule has 0 saturated carbocycles. The molecule has 0 bridgehead atoms. The highest BCUT2D eigenvalue weighted by Crippen LogP contribution is 2.27. The molecule has 4 rings (SSSR count). The number of amides is 1. The monoisotopic (exact) mass is 468 g/mol. The number of aryl methyl sites for hydroxylation is 1. The molecule has 9 heteroatoms. The van der Waals surface area contributed by atoms with Gasteiger partial charge in [-0.25, -0.2) is 9.67 Å². The number of halogens is 2. The zero-order valence-electron chi connectivity index (χ0n) is 17.8. The van der Waals surface area contributed by atoms with Crippen LogP contribution in [0, 0.1) is 25.2 Å². The number of pyridine rings is 1. The second-order valence-electron chi connectivity index (χ2n) is 7.69. The van der Waals surface area contributed by atoms with Gasteiger partial charge >= 0.3 is 0 Å². The highest BCUT2D eigenvalue weighted by atomic mass is 35.5. The number of carbonyl (C=O) groups excluding carboxylic acids is 1. The summed E-state index contributed by atoms with van der Waals surface area (Å²) in [5.41, 5.74) is 3.86. The maximum Gasteiger partial charge on any atom is 0.227 e. The quantitative estimate of drug-likeness (QED) is 0.578. The van der Waals surface area contributed by atoms with E-state index in [1.165, 1.54) is 0 Å². The Hall–Kier alpha value is -3.08. The number of aromatic nitrogens is 3. The smallest absolute Gasteiger partial charge is 0.227 e. The fraction of sp³-hybridized carbons (Fsp3) is 0.304. The molecule has 3 aromatic rings. The van der Waals surface area contributed by atoms with E-state index >= 15 is 0 Å². The van der Waals surface area contributed by atoms with Crippen molar-refractivity contribution in [2.45, 2.75) is 20.3 Å². The number of benzene rings is 1. The van der Waals surface area contributed by atoms with Crippen LogP contribution in [0.3, 0.4) is 0 Å². The van der Waals surface area contributed by atoms with E-state index < -0.39 is 0 Å². The summed E-state index contributed by atoms with van der Waals surface area (Å²) < 4.78 is 1.76. The Morgan fingerprint density at radius 2 is 1.91 bits per heavy atom. The topological polar surface area (TPSA) is 78.1 Å². The van der Waals surface area contributed by atoms with E-state index in [0.29, 0.717) is 47.6 Å². The fourth-order valence-corrected chi connectivity index (χ4v) is 4.47. The normalized spacial score (nSPS) is 13.8. The van der Waals surface area contributed by atoms with E-state index in [4.69, 9.17) is 23.2 Å². The molecule has 0 unspecified atom stereocenters. The molecule has 2 aromatic heterocycles. The predicted octanol–water partition coefficient (Wildman–Crippen LogP) is 3.95. The van der Waals surface area contributed by atoms with Crippen molar-refractivity contribution >= 4 is 34.9 Å². The van der Waals surface area contributed by atoms with Crippen molar-refractivity contribution < 1.29 is 4.79 Å². The molecule has 7 nitrogen and oxygen atoms in total. The first kappa shape index (κ1) is 22.1. The van der Waals surface area contributed by atoms with Crippen molar-refractivity contribution in [2.75, 3.05) is 31.1 Å². The van der Waals surface area contributed by atoms with Gasteiger partial charge in [-0.2, -0.15) is 10.4 Å². The van der Waals surface area contributed by atoms with Gasteiger partial charge < -0.3 is 9.80 Å². The molecule has 0 atom stereocenters. The molecule has 32 heavy (non-hydrogen) atoms. The Morgan fingerprint density at radius 1 is 1.16 bits per heavy atom. The number of rotatable bonds is 4. The van der Waals surface area contributed by atoms with Crippen molar-refractivity contribution in [1.29, 1.82) is 5.26 Å². The van der Waals surface area contributed by atoms with E-state index in [0.717, 1.165) is 22.6 Å². The van der Waals surface area contributed by atoms with E-state index in [-0.39, 0.29) is 12.3 Å². The minimum absolute atomic E-state index is 0.0548. The van der Waals surface area contributed by atoms with Crippen LogP contribution in [-0.4, -0.2) is 51.8 Å². The minimum Gasteiger partial charge on any atom is -0.352 e. The number of hydrogen-bond acceptors (Lipinski definition) is 5. The van der Waals surface area contributed by atoms with Gasteiger partial charge in [0.1, 0.15) is 11.9 Å². The maximum atomic E-state index is 13.1. The second-order valence-corrected chi connectivity index (χ2v) is 8.53. The van der Waals surface area contributed by atoms with Gasteiger partial charge in [0.2, 0.25) is 5.91 Å². The molecule has 1 aromatic carbocycles. The summed E-state index contributed by atoms with van der Waals surface area (Å²) in [6, 6.07) is 11.0. The van der Waals surface area contributed by atoms with Gasteiger partial charge in [-0.05, 0) is 44.2 Å². The molecule has 1 aliphatic heterocycles. The van der Waals surface area contributed by atoms with Crippen molar-refractivity contribution in [3.63, 3.8) is 0 Å². The Bertz CT molecular complexity index is 1210. The van der Waals surface area contributed by atoms with Gasteiger partial charge in [0.15, 0.2) is 0 Å². The third-order valence-electron chi connectivity index (χ3n) is 5.75. The molecule has 0 radical (unpaired) electrons. The Labute approximate surface area is 196 Å². The van der Waals surface area contributed by atoms with Crippen molar-refractivity contribution in [3.8, 4) is 11.8 Å². The summed E-state index contributed by atoms with van der Waals surface area (Å²) in [4.78, 5) is 21.3. The zero-order chi connectivity index (χ0) is 22.8. The molecular formula is C23H22Cl2N6O. The first-order valence-corrected chi connectivity index (χ1v) is 11.0. The average Bonchev–Trinajstić information content (AvgIpc) is 3.07. The lowest BCUT2D eigenvalue weighted by Crippen LogP contribution is -2.49. The summed E-state index contributed by atoms with van der Waals surface area (Å²) in [5.74, 6) is 0.731. The molecule has 1 fully saturated rings. The van der Waals surface area contributed by atoms with E-state index in [2.05, 4.69) is 21.1 Å². The van der Waals surface area contributed by atoms with E-state index in [1.807, 2.05) is 24.8 Å². The zero-order valence-corrected chi connectivity index (χ0v) is 19.4. The van der Waals surface area contributed by atoms with Crippen molar-refractivity contribution in [2.24, 2.45) is 0 Å². The summed E-state index contributed by atoms with van der Waals surface area (Å²) >= 11 is 12.4. The number of anilines is 1. The molecule has 0 spiro atoms. The highest BCUT2D eigenvalue weighted by Gasteiger charge is 2.25. The van der Waals surface area contributed by atoms with Crippen LogP contribution in [0.15, 0.2) is 36.5 Å². The standard InChI is InChI=1S/C23H22Cl2N6O/c1-15-19(16(2)31(28-15)21-6-5-18(24)12-20(21)25)13-22(32)29-8-10-30(11-9-29)23-17(14-26)4-3-7-27-23/h3-7,12H,8-11,13H2,1-2H3. The van der Waals surface area contributed by atoms with E-state index in [9.17, 15) is 10.1 Å².